The van der Waals surface area contributed by atoms with E-state index in [9.17, 15) is 17.6 Å². The number of benzene rings is 1. The van der Waals surface area contributed by atoms with Gasteiger partial charge < -0.3 is 5.11 Å². The van der Waals surface area contributed by atoms with Crippen LogP contribution in [0.15, 0.2) is 22.7 Å². The van der Waals surface area contributed by atoms with Crippen LogP contribution in [0.2, 0.25) is 0 Å². The van der Waals surface area contributed by atoms with E-state index in [1.54, 1.807) is 13.8 Å². The fourth-order valence-corrected chi connectivity index (χ4v) is 3.26. The lowest BCUT2D eigenvalue weighted by molar-refractivity contribution is -0.140. The molecule has 0 amide bonds. The van der Waals surface area contributed by atoms with Crippen LogP contribution >= 0.6 is 15.9 Å². The van der Waals surface area contributed by atoms with Crippen LogP contribution < -0.4 is 4.72 Å². The molecule has 8 heteroatoms. The highest BCUT2D eigenvalue weighted by atomic mass is 79.9. The molecule has 0 fully saturated rings. The molecule has 0 aliphatic rings. The summed E-state index contributed by atoms with van der Waals surface area (Å²) >= 11 is 2.97. The van der Waals surface area contributed by atoms with E-state index in [-0.39, 0.29) is 10.0 Å². The summed E-state index contributed by atoms with van der Waals surface area (Å²) in [6.45, 7) is 3.20. The maximum atomic E-state index is 13.3. The van der Waals surface area contributed by atoms with Crippen molar-refractivity contribution in [3.05, 3.63) is 34.1 Å². The zero-order valence-electron chi connectivity index (χ0n) is 10.9. The molecule has 1 atom stereocenters. The van der Waals surface area contributed by atoms with Gasteiger partial charge in [-0.1, -0.05) is 19.9 Å². The number of rotatable bonds is 6. The summed E-state index contributed by atoms with van der Waals surface area (Å²) in [4.78, 5) is 11.0. The zero-order chi connectivity index (χ0) is 15.5. The molecule has 5 nitrogen and oxygen atoms in total. The number of halogens is 2. The molecule has 112 valence electrons. The number of sulfonamides is 1. The standard InChI is InChI=1S/C12H15BrFNO4S/c1-7(2)11(12(16)17)15-20(18,19)6-8-3-4-9(13)10(14)5-8/h3-5,7,11,15H,6H2,1-2H3,(H,16,17)/t11-/m0/s1. The molecule has 0 aliphatic heterocycles. The first-order chi connectivity index (χ1) is 9.12. The van der Waals surface area contributed by atoms with E-state index in [1.807, 2.05) is 0 Å². The van der Waals surface area contributed by atoms with Crippen LogP contribution in [0.5, 0.6) is 0 Å². The number of carboxylic acid groups (broad SMARTS) is 1. The van der Waals surface area contributed by atoms with E-state index in [2.05, 4.69) is 20.7 Å². The fraction of sp³-hybridized carbons (Fsp3) is 0.417. The summed E-state index contributed by atoms with van der Waals surface area (Å²) in [6, 6.07) is 2.74. The summed E-state index contributed by atoms with van der Waals surface area (Å²) in [6.07, 6.45) is 0. The number of nitrogens with one attached hydrogen (secondary N) is 1. The molecule has 0 heterocycles. The highest BCUT2D eigenvalue weighted by molar-refractivity contribution is 9.10. The minimum atomic E-state index is -3.87. The maximum Gasteiger partial charge on any atom is 0.321 e. The van der Waals surface area contributed by atoms with Gasteiger partial charge in [-0.05, 0) is 39.5 Å². The van der Waals surface area contributed by atoms with Crippen molar-refractivity contribution in [1.82, 2.24) is 4.72 Å². The number of hydrogen-bond acceptors (Lipinski definition) is 3. The Morgan fingerprint density at radius 2 is 2.05 bits per heavy atom. The van der Waals surface area contributed by atoms with Crippen molar-refractivity contribution < 1.29 is 22.7 Å². The normalized spacial score (nSPS) is 13.4. The topological polar surface area (TPSA) is 83.5 Å². The average Bonchev–Trinajstić information content (AvgIpc) is 2.30. The Morgan fingerprint density at radius 3 is 2.50 bits per heavy atom. The van der Waals surface area contributed by atoms with Crippen molar-refractivity contribution in [3.63, 3.8) is 0 Å². The summed E-state index contributed by atoms with van der Waals surface area (Å²) in [5, 5.41) is 8.96. The molecule has 0 saturated heterocycles. The van der Waals surface area contributed by atoms with Crippen molar-refractivity contribution in [2.24, 2.45) is 5.92 Å². The van der Waals surface area contributed by atoms with E-state index in [1.165, 1.54) is 12.1 Å². The second-order valence-electron chi connectivity index (χ2n) is 4.69. The minimum Gasteiger partial charge on any atom is -0.480 e. The van der Waals surface area contributed by atoms with Crippen LogP contribution in [-0.2, 0) is 20.6 Å². The highest BCUT2D eigenvalue weighted by Gasteiger charge is 2.27. The van der Waals surface area contributed by atoms with Gasteiger partial charge in [0.2, 0.25) is 10.0 Å². The Bertz CT molecular complexity index is 603. The first kappa shape index (κ1) is 17.1. The largest absolute Gasteiger partial charge is 0.480 e. The van der Waals surface area contributed by atoms with Crippen LogP contribution in [0, 0.1) is 11.7 Å². The number of carbonyl (C=O) groups is 1. The van der Waals surface area contributed by atoms with Crippen molar-refractivity contribution in [3.8, 4) is 0 Å². The second kappa shape index (κ2) is 6.64. The Kier molecular flexibility index (Phi) is 5.67. The molecule has 2 N–H and O–H groups in total. The first-order valence-electron chi connectivity index (χ1n) is 5.79. The molecule has 1 rings (SSSR count). The van der Waals surface area contributed by atoms with Crippen molar-refractivity contribution in [2.45, 2.75) is 25.6 Å². The molecule has 0 aromatic heterocycles. The highest BCUT2D eigenvalue weighted by Crippen LogP contribution is 2.18. The first-order valence-corrected chi connectivity index (χ1v) is 8.23. The Hall–Kier alpha value is -0.990. The van der Waals surface area contributed by atoms with Gasteiger partial charge in [0, 0.05) is 0 Å². The SMILES string of the molecule is CC(C)[C@H](NS(=O)(=O)Cc1ccc(Br)c(F)c1)C(=O)O. The zero-order valence-corrected chi connectivity index (χ0v) is 13.3. The van der Waals surface area contributed by atoms with E-state index < -0.39 is 39.5 Å². The molecular formula is C12H15BrFNO4S. The molecule has 0 bridgehead atoms. The molecular weight excluding hydrogens is 353 g/mol. The van der Waals surface area contributed by atoms with Crippen LogP contribution in [0.3, 0.4) is 0 Å². The van der Waals surface area contributed by atoms with E-state index in [4.69, 9.17) is 5.11 Å². The van der Waals surface area contributed by atoms with Gasteiger partial charge in [-0.15, -0.1) is 0 Å². The maximum absolute atomic E-state index is 13.3. The van der Waals surface area contributed by atoms with Crippen LogP contribution in [0.25, 0.3) is 0 Å². The lowest BCUT2D eigenvalue weighted by Crippen LogP contribution is -2.44. The third-order valence-electron chi connectivity index (χ3n) is 2.58. The van der Waals surface area contributed by atoms with Crippen molar-refractivity contribution >= 4 is 31.9 Å². The third-order valence-corrected chi connectivity index (χ3v) is 4.55. The quantitative estimate of drug-likeness (QED) is 0.806. The van der Waals surface area contributed by atoms with Gasteiger partial charge in [0.25, 0.3) is 0 Å². The fourth-order valence-electron chi connectivity index (χ4n) is 1.56. The van der Waals surface area contributed by atoms with Crippen molar-refractivity contribution in [2.75, 3.05) is 0 Å². The predicted molar refractivity (Wildman–Crippen MR) is 76.1 cm³/mol. The van der Waals surface area contributed by atoms with Crippen LogP contribution in [0.4, 0.5) is 4.39 Å². The summed E-state index contributed by atoms with van der Waals surface area (Å²) in [7, 11) is -3.87. The number of carboxylic acids is 1. The molecule has 0 radical (unpaired) electrons. The Labute approximate surface area is 125 Å². The monoisotopic (exact) mass is 367 g/mol. The summed E-state index contributed by atoms with van der Waals surface area (Å²) < 4.78 is 39.5. The van der Waals surface area contributed by atoms with Gasteiger partial charge in [0.15, 0.2) is 0 Å². The van der Waals surface area contributed by atoms with Gasteiger partial charge in [0.1, 0.15) is 11.9 Å². The molecule has 1 aromatic carbocycles. The van der Waals surface area contributed by atoms with Crippen LogP contribution in [-0.4, -0.2) is 25.5 Å². The van der Waals surface area contributed by atoms with Gasteiger partial charge in [0.05, 0.1) is 10.2 Å². The smallest absolute Gasteiger partial charge is 0.321 e. The number of aliphatic carboxylic acids is 1. The minimum absolute atomic E-state index is 0.234. The average molecular weight is 368 g/mol. The lowest BCUT2D eigenvalue weighted by atomic mass is 10.1. The van der Waals surface area contributed by atoms with Gasteiger partial charge in [-0.2, -0.15) is 0 Å². The third kappa shape index (κ3) is 4.84. The van der Waals surface area contributed by atoms with Gasteiger partial charge >= 0.3 is 5.97 Å². The molecule has 1 aromatic rings. The summed E-state index contributed by atoms with van der Waals surface area (Å²) in [5.41, 5.74) is 0.242. The molecule has 0 aliphatic carbocycles. The van der Waals surface area contributed by atoms with Crippen LogP contribution in [0.1, 0.15) is 19.4 Å². The van der Waals surface area contributed by atoms with E-state index in [0.717, 1.165) is 6.07 Å². The number of hydrogen-bond donors (Lipinski definition) is 2. The van der Waals surface area contributed by atoms with Gasteiger partial charge in [-0.25, -0.2) is 17.5 Å². The van der Waals surface area contributed by atoms with E-state index >= 15 is 0 Å². The van der Waals surface area contributed by atoms with E-state index in [0.29, 0.717) is 0 Å². The second-order valence-corrected chi connectivity index (χ2v) is 7.29. The molecule has 0 spiro atoms. The molecule has 0 saturated carbocycles. The Morgan fingerprint density at radius 1 is 1.45 bits per heavy atom. The molecule has 0 unspecified atom stereocenters. The van der Waals surface area contributed by atoms with Crippen molar-refractivity contribution in [1.29, 1.82) is 0 Å². The predicted octanol–water partition coefficient (Wildman–Crippen LogP) is 2.12. The lowest BCUT2D eigenvalue weighted by Gasteiger charge is -2.18. The summed E-state index contributed by atoms with van der Waals surface area (Å²) in [5.74, 6) is -2.70. The molecule has 20 heavy (non-hydrogen) atoms. The van der Waals surface area contributed by atoms with Gasteiger partial charge in [-0.3, -0.25) is 4.79 Å². The Balaban J connectivity index is 2.89.